The average Bonchev–Trinajstić information content (AvgIpc) is 3.09. The van der Waals surface area contributed by atoms with Crippen LogP contribution in [-0.4, -0.2) is 17.7 Å². The molecule has 3 heteroatoms. The molecule has 0 aromatic heterocycles. The monoisotopic (exact) mass is 220 g/mol. The van der Waals surface area contributed by atoms with E-state index in [9.17, 15) is 4.79 Å². The van der Waals surface area contributed by atoms with Crippen molar-refractivity contribution in [1.29, 1.82) is 0 Å². The minimum absolute atomic E-state index is 0.413. The van der Waals surface area contributed by atoms with Gasteiger partial charge in [-0.25, -0.2) is 4.79 Å². The number of carboxylic acid groups (broad SMARTS) is 1. The van der Waals surface area contributed by atoms with Crippen molar-refractivity contribution in [3.63, 3.8) is 0 Å². The van der Waals surface area contributed by atoms with Crippen molar-refractivity contribution in [2.24, 2.45) is 0 Å². The number of benzene rings is 1. The van der Waals surface area contributed by atoms with Gasteiger partial charge in [0, 0.05) is 6.61 Å². The zero-order valence-electron chi connectivity index (χ0n) is 9.35. The number of carbonyl (C=O) groups is 1. The van der Waals surface area contributed by atoms with Crippen LogP contribution in [0.3, 0.4) is 0 Å². The lowest BCUT2D eigenvalue weighted by Gasteiger charge is -2.16. The fraction of sp³-hybridized carbons (Fsp3) is 0.462. The fourth-order valence-corrected chi connectivity index (χ4v) is 1.98. The van der Waals surface area contributed by atoms with E-state index >= 15 is 0 Å². The van der Waals surface area contributed by atoms with E-state index in [0.717, 1.165) is 24.0 Å². The molecule has 0 spiro atoms. The molecule has 1 aliphatic rings. The Morgan fingerprint density at radius 1 is 1.50 bits per heavy atom. The number of hydrogen-bond donors (Lipinski definition) is 1. The van der Waals surface area contributed by atoms with Crippen LogP contribution in [-0.2, 0) is 9.53 Å². The first-order valence-electron chi connectivity index (χ1n) is 5.67. The van der Waals surface area contributed by atoms with E-state index in [0.29, 0.717) is 12.5 Å². The highest BCUT2D eigenvalue weighted by atomic mass is 16.5. The predicted octanol–water partition coefficient (Wildman–Crippen LogP) is 2.73. The van der Waals surface area contributed by atoms with Crippen molar-refractivity contribution in [3.05, 3.63) is 35.4 Å². The third-order valence-electron chi connectivity index (χ3n) is 2.85. The summed E-state index contributed by atoms with van der Waals surface area (Å²) in [5.41, 5.74) is 1.96. The Kier molecular flexibility index (Phi) is 3.25. The summed E-state index contributed by atoms with van der Waals surface area (Å²) in [6, 6.07) is 7.71. The van der Waals surface area contributed by atoms with E-state index in [1.54, 1.807) is 0 Å². The molecule has 16 heavy (non-hydrogen) atoms. The van der Waals surface area contributed by atoms with Gasteiger partial charge in [-0.05, 0) is 36.8 Å². The first-order chi connectivity index (χ1) is 7.74. The third kappa shape index (κ3) is 2.25. The molecule has 0 heterocycles. The number of hydrogen-bond acceptors (Lipinski definition) is 2. The molecule has 3 nitrogen and oxygen atoms in total. The van der Waals surface area contributed by atoms with E-state index in [4.69, 9.17) is 9.84 Å². The van der Waals surface area contributed by atoms with Crippen LogP contribution in [0.15, 0.2) is 24.3 Å². The van der Waals surface area contributed by atoms with Crippen LogP contribution < -0.4 is 0 Å². The topological polar surface area (TPSA) is 46.5 Å². The first kappa shape index (κ1) is 11.1. The molecule has 1 aliphatic carbocycles. The van der Waals surface area contributed by atoms with Gasteiger partial charge in [-0.2, -0.15) is 0 Å². The van der Waals surface area contributed by atoms with Gasteiger partial charge < -0.3 is 9.84 Å². The lowest BCUT2D eigenvalue weighted by molar-refractivity contribution is -0.150. The van der Waals surface area contributed by atoms with Gasteiger partial charge in [-0.15, -0.1) is 0 Å². The fourth-order valence-electron chi connectivity index (χ4n) is 1.98. The molecule has 2 rings (SSSR count). The Balaban J connectivity index is 2.32. The van der Waals surface area contributed by atoms with Gasteiger partial charge in [-0.1, -0.05) is 24.3 Å². The number of ether oxygens (including phenoxy) is 1. The number of carboxylic acids is 1. The lowest BCUT2D eigenvalue weighted by atomic mass is 9.99. The normalized spacial score (nSPS) is 17.1. The van der Waals surface area contributed by atoms with Crippen LogP contribution in [0.4, 0.5) is 0 Å². The second-order valence-electron chi connectivity index (χ2n) is 4.08. The van der Waals surface area contributed by atoms with Crippen LogP contribution in [0.1, 0.15) is 42.9 Å². The smallest absolute Gasteiger partial charge is 0.337 e. The molecule has 0 saturated heterocycles. The van der Waals surface area contributed by atoms with E-state index < -0.39 is 12.1 Å². The average molecular weight is 220 g/mol. The van der Waals surface area contributed by atoms with Crippen molar-refractivity contribution in [3.8, 4) is 0 Å². The van der Waals surface area contributed by atoms with Crippen molar-refractivity contribution in [2.45, 2.75) is 31.8 Å². The first-order valence-corrected chi connectivity index (χ1v) is 5.67. The highest BCUT2D eigenvalue weighted by Gasteiger charge is 2.30. The maximum absolute atomic E-state index is 11.2. The molecule has 1 saturated carbocycles. The van der Waals surface area contributed by atoms with Gasteiger partial charge in [-0.3, -0.25) is 0 Å². The molecule has 0 amide bonds. The molecule has 0 bridgehead atoms. The maximum atomic E-state index is 11.2. The predicted molar refractivity (Wildman–Crippen MR) is 60.4 cm³/mol. The second kappa shape index (κ2) is 4.66. The molecule has 1 aromatic rings. The number of aliphatic carboxylic acids is 1. The largest absolute Gasteiger partial charge is 0.479 e. The Hall–Kier alpha value is -1.35. The van der Waals surface area contributed by atoms with E-state index in [1.807, 2.05) is 31.2 Å². The van der Waals surface area contributed by atoms with Gasteiger partial charge in [0.05, 0.1) is 0 Å². The zero-order valence-corrected chi connectivity index (χ0v) is 9.35. The summed E-state index contributed by atoms with van der Waals surface area (Å²) in [6.07, 6.45) is 1.51. The summed E-state index contributed by atoms with van der Waals surface area (Å²) in [5, 5.41) is 9.16. The molecule has 0 aliphatic heterocycles. The van der Waals surface area contributed by atoms with E-state index in [2.05, 4.69) is 0 Å². The molecule has 1 atom stereocenters. The van der Waals surface area contributed by atoms with E-state index in [-0.39, 0.29) is 0 Å². The Labute approximate surface area is 95.0 Å². The molecule has 1 N–H and O–H groups in total. The Morgan fingerprint density at radius 2 is 2.19 bits per heavy atom. The molecular formula is C13H16O3. The second-order valence-corrected chi connectivity index (χ2v) is 4.08. The quantitative estimate of drug-likeness (QED) is 0.829. The van der Waals surface area contributed by atoms with Gasteiger partial charge in [0.2, 0.25) is 0 Å². The van der Waals surface area contributed by atoms with Gasteiger partial charge in [0.15, 0.2) is 6.10 Å². The van der Waals surface area contributed by atoms with Crippen molar-refractivity contribution in [1.82, 2.24) is 0 Å². The summed E-state index contributed by atoms with van der Waals surface area (Å²) in [7, 11) is 0. The molecule has 1 fully saturated rings. The third-order valence-corrected chi connectivity index (χ3v) is 2.85. The molecule has 1 unspecified atom stereocenters. The summed E-state index contributed by atoms with van der Waals surface area (Å²) in [4.78, 5) is 11.2. The minimum atomic E-state index is -0.907. The Bertz CT molecular complexity index is 383. The summed E-state index contributed by atoms with van der Waals surface area (Å²) >= 11 is 0. The van der Waals surface area contributed by atoms with Crippen molar-refractivity contribution in [2.75, 3.05) is 6.61 Å². The van der Waals surface area contributed by atoms with Gasteiger partial charge >= 0.3 is 5.97 Å². The van der Waals surface area contributed by atoms with E-state index in [1.165, 1.54) is 0 Å². The number of rotatable bonds is 5. The molecule has 0 radical (unpaired) electrons. The molecule has 86 valence electrons. The lowest BCUT2D eigenvalue weighted by Crippen LogP contribution is -2.16. The highest BCUT2D eigenvalue weighted by molar-refractivity contribution is 5.75. The highest BCUT2D eigenvalue weighted by Crippen LogP contribution is 2.43. The van der Waals surface area contributed by atoms with Gasteiger partial charge in [0.1, 0.15) is 0 Å². The van der Waals surface area contributed by atoms with Gasteiger partial charge in [0.25, 0.3) is 0 Å². The van der Waals surface area contributed by atoms with Crippen LogP contribution in [0.25, 0.3) is 0 Å². The molecular weight excluding hydrogens is 204 g/mol. The van der Waals surface area contributed by atoms with Crippen LogP contribution in [0.5, 0.6) is 0 Å². The maximum Gasteiger partial charge on any atom is 0.337 e. The molecule has 1 aromatic carbocycles. The summed E-state index contributed by atoms with van der Waals surface area (Å²) in [5.74, 6) is -0.367. The van der Waals surface area contributed by atoms with Crippen molar-refractivity contribution >= 4 is 5.97 Å². The summed E-state index contributed by atoms with van der Waals surface area (Å²) < 4.78 is 5.31. The zero-order chi connectivity index (χ0) is 11.5. The minimum Gasteiger partial charge on any atom is -0.479 e. The van der Waals surface area contributed by atoms with Crippen molar-refractivity contribution < 1.29 is 14.6 Å². The van der Waals surface area contributed by atoms with Crippen LogP contribution >= 0.6 is 0 Å². The van der Waals surface area contributed by atoms with Crippen LogP contribution in [0.2, 0.25) is 0 Å². The summed E-state index contributed by atoms with van der Waals surface area (Å²) in [6.45, 7) is 2.23. The standard InChI is InChI=1S/C13H16O3/c1-2-16-12(13(14)15)11-6-4-3-5-10(11)9-7-8-9/h3-6,9,12H,2,7-8H2,1H3,(H,14,15). The Morgan fingerprint density at radius 3 is 2.75 bits per heavy atom. The SMILES string of the molecule is CCOC(C(=O)O)c1ccccc1C1CC1. The van der Waals surface area contributed by atoms with Crippen LogP contribution in [0, 0.1) is 0 Å².